The van der Waals surface area contributed by atoms with E-state index in [2.05, 4.69) is 9.97 Å². The zero-order valence-electron chi connectivity index (χ0n) is 9.98. The number of carboxylic acids is 1. The molecular formula is C12H12N2O4. The number of carbonyl (C=O) groups is 1. The van der Waals surface area contributed by atoms with Gasteiger partial charge in [0.15, 0.2) is 11.6 Å². The lowest BCUT2D eigenvalue weighted by Crippen LogP contribution is -2.21. The maximum Gasteiger partial charge on any atom is 0.343 e. The fourth-order valence-electron chi connectivity index (χ4n) is 1.65. The third-order valence-electron chi connectivity index (χ3n) is 2.56. The van der Waals surface area contributed by atoms with E-state index in [1.54, 1.807) is 12.1 Å². The van der Waals surface area contributed by atoms with Crippen LogP contribution >= 0.6 is 0 Å². The molecule has 2 aromatic heterocycles. The fourth-order valence-corrected chi connectivity index (χ4v) is 1.65. The topological polar surface area (TPSA) is 96.2 Å². The maximum absolute atomic E-state index is 11.6. The van der Waals surface area contributed by atoms with E-state index < -0.39 is 11.5 Å². The molecule has 0 spiro atoms. The SMILES string of the molecule is CCc1ccc(-c2nc(C)c(C(=O)O)c(=O)[nH]2)o1. The number of nitrogens with one attached hydrogen (secondary N) is 1. The Morgan fingerprint density at radius 1 is 1.50 bits per heavy atom. The maximum atomic E-state index is 11.6. The lowest BCUT2D eigenvalue weighted by Gasteiger charge is -2.01. The predicted molar refractivity (Wildman–Crippen MR) is 63.6 cm³/mol. The van der Waals surface area contributed by atoms with Gasteiger partial charge in [-0.25, -0.2) is 9.78 Å². The number of aryl methyl sites for hydroxylation is 2. The predicted octanol–water partition coefficient (Wildman–Crippen LogP) is 1.60. The molecule has 18 heavy (non-hydrogen) atoms. The molecule has 0 atom stereocenters. The highest BCUT2D eigenvalue weighted by molar-refractivity contribution is 5.88. The van der Waals surface area contributed by atoms with Gasteiger partial charge in [0.25, 0.3) is 5.56 Å². The van der Waals surface area contributed by atoms with Gasteiger partial charge in [0.05, 0.1) is 5.69 Å². The van der Waals surface area contributed by atoms with Crippen molar-refractivity contribution < 1.29 is 14.3 Å². The summed E-state index contributed by atoms with van der Waals surface area (Å²) in [5, 5.41) is 8.87. The van der Waals surface area contributed by atoms with E-state index in [4.69, 9.17) is 9.52 Å². The van der Waals surface area contributed by atoms with Crippen molar-refractivity contribution in [2.24, 2.45) is 0 Å². The summed E-state index contributed by atoms with van der Waals surface area (Å²) in [5.41, 5.74) is -0.865. The largest absolute Gasteiger partial charge is 0.477 e. The first-order chi connectivity index (χ1) is 8.52. The lowest BCUT2D eigenvalue weighted by molar-refractivity contribution is 0.0693. The average Bonchev–Trinajstić information content (AvgIpc) is 2.75. The van der Waals surface area contributed by atoms with Crippen LogP contribution in [0, 0.1) is 6.92 Å². The summed E-state index contributed by atoms with van der Waals surface area (Å²) >= 11 is 0. The van der Waals surface area contributed by atoms with E-state index >= 15 is 0 Å². The van der Waals surface area contributed by atoms with Crippen molar-refractivity contribution in [1.82, 2.24) is 9.97 Å². The molecule has 2 heterocycles. The number of carboxylic acid groups (broad SMARTS) is 1. The normalized spacial score (nSPS) is 10.6. The van der Waals surface area contributed by atoms with Crippen LogP contribution in [-0.2, 0) is 6.42 Å². The molecule has 2 aromatic rings. The van der Waals surface area contributed by atoms with Gasteiger partial charge in [-0.3, -0.25) is 4.79 Å². The van der Waals surface area contributed by atoms with Gasteiger partial charge >= 0.3 is 5.97 Å². The average molecular weight is 248 g/mol. The molecule has 6 nitrogen and oxygen atoms in total. The van der Waals surface area contributed by atoms with Crippen LogP contribution in [0.15, 0.2) is 21.3 Å². The van der Waals surface area contributed by atoms with Crippen molar-refractivity contribution in [3.8, 4) is 11.6 Å². The Labute approximate surface area is 102 Å². The number of nitrogens with zero attached hydrogens (tertiary/aromatic N) is 1. The highest BCUT2D eigenvalue weighted by Crippen LogP contribution is 2.18. The summed E-state index contributed by atoms with van der Waals surface area (Å²) in [6.07, 6.45) is 0.733. The minimum Gasteiger partial charge on any atom is -0.477 e. The van der Waals surface area contributed by atoms with Gasteiger partial charge in [0.2, 0.25) is 0 Å². The first-order valence-corrected chi connectivity index (χ1v) is 5.46. The Bertz CT molecular complexity index is 654. The molecule has 94 valence electrons. The van der Waals surface area contributed by atoms with Crippen LogP contribution in [0.1, 0.15) is 28.7 Å². The van der Waals surface area contributed by atoms with Gasteiger partial charge in [-0.1, -0.05) is 6.92 Å². The van der Waals surface area contributed by atoms with Crippen LogP contribution in [0.5, 0.6) is 0 Å². The summed E-state index contributed by atoms with van der Waals surface area (Å²) in [5.74, 6) is 0.139. The molecule has 0 saturated carbocycles. The van der Waals surface area contributed by atoms with E-state index in [0.717, 1.165) is 12.2 Å². The molecular weight excluding hydrogens is 236 g/mol. The highest BCUT2D eigenvalue weighted by Gasteiger charge is 2.16. The summed E-state index contributed by atoms with van der Waals surface area (Å²) in [6.45, 7) is 3.42. The summed E-state index contributed by atoms with van der Waals surface area (Å²) < 4.78 is 5.45. The number of aromatic nitrogens is 2. The number of hydrogen-bond donors (Lipinski definition) is 2. The Morgan fingerprint density at radius 3 is 2.72 bits per heavy atom. The van der Waals surface area contributed by atoms with E-state index in [-0.39, 0.29) is 17.1 Å². The van der Waals surface area contributed by atoms with Crippen molar-refractivity contribution >= 4 is 5.97 Å². The molecule has 2 N–H and O–H groups in total. The minimum atomic E-state index is -1.29. The van der Waals surface area contributed by atoms with E-state index in [0.29, 0.717) is 5.76 Å². The Morgan fingerprint density at radius 2 is 2.22 bits per heavy atom. The van der Waals surface area contributed by atoms with Crippen LogP contribution in [0.25, 0.3) is 11.6 Å². The fraction of sp³-hybridized carbons (Fsp3) is 0.250. The number of rotatable bonds is 3. The molecule has 0 amide bonds. The molecule has 0 aliphatic carbocycles. The smallest absolute Gasteiger partial charge is 0.343 e. The molecule has 0 aromatic carbocycles. The van der Waals surface area contributed by atoms with Crippen LogP contribution < -0.4 is 5.56 Å². The number of hydrogen-bond acceptors (Lipinski definition) is 4. The minimum absolute atomic E-state index is 0.163. The van der Waals surface area contributed by atoms with Crippen molar-refractivity contribution in [1.29, 1.82) is 0 Å². The third kappa shape index (κ3) is 2.04. The Hall–Kier alpha value is -2.37. The second kappa shape index (κ2) is 4.48. The van der Waals surface area contributed by atoms with Crippen LogP contribution in [-0.4, -0.2) is 21.0 Å². The Kier molecular flexibility index (Phi) is 3.01. The quantitative estimate of drug-likeness (QED) is 0.859. The molecule has 0 unspecified atom stereocenters. The summed E-state index contributed by atoms with van der Waals surface area (Å²) in [4.78, 5) is 28.9. The van der Waals surface area contributed by atoms with Gasteiger partial charge in [-0.2, -0.15) is 0 Å². The van der Waals surface area contributed by atoms with Crippen LogP contribution in [0.4, 0.5) is 0 Å². The zero-order valence-corrected chi connectivity index (χ0v) is 9.98. The van der Waals surface area contributed by atoms with Crippen molar-refractivity contribution in [3.63, 3.8) is 0 Å². The molecule has 0 radical (unpaired) electrons. The Balaban J connectivity index is 2.54. The molecule has 0 fully saturated rings. The first-order valence-electron chi connectivity index (χ1n) is 5.46. The van der Waals surface area contributed by atoms with Gasteiger partial charge in [-0.05, 0) is 19.1 Å². The van der Waals surface area contributed by atoms with Crippen molar-refractivity contribution in [2.75, 3.05) is 0 Å². The molecule has 0 bridgehead atoms. The third-order valence-corrected chi connectivity index (χ3v) is 2.56. The molecule has 0 aliphatic rings. The molecule has 0 saturated heterocycles. The van der Waals surface area contributed by atoms with Crippen LogP contribution in [0.2, 0.25) is 0 Å². The van der Waals surface area contributed by atoms with Gasteiger partial charge in [-0.15, -0.1) is 0 Å². The van der Waals surface area contributed by atoms with E-state index in [1.807, 2.05) is 6.92 Å². The monoisotopic (exact) mass is 248 g/mol. The molecule has 0 aliphatic heterocycles. The number of furan rings is 1. The van der Waals surface area contributed by atoms with E-state index in [1.165, 1.54) is 6.92 Å². The zero-order chi connectivity index (χ0) is 13.3. The standard InChI is InChI=1S/C12H12N2O4/c1-3-7-4-5-8(18-7)10-13-6(2)9(12(16)17)11(15)14-10/h4-5H,3H2,1-2H3,(H,16,17)(H,13,14,15). The summed E-state index contributed by atoms with van der Waals surface area (Å²) in [7, 11) is 0. The summed E-state index contributed by atoms with van der Waals surface area (Å²) in [6, 6.07) is 3.48. The molecule has 6 heteroatoms. The van der Waals surface area contributed by atoms with Gasteiger partial charge in [0, 0.05) is 6.42 Å². The first kappa shape index (κ1) is 12.1. The van der Waals surface area contributed by atoms with Crippen LogP contribution in [0.3, 0.4) is 0 Å². The molecule has 2 rings (SSSR count). The number of H-pyrrole nitrogens is 1. The van der Waals surface area contributed by atoms with Gasteiger partial charge < -0.3 is 14.5 Å². The second-order valence-electron chi connectivity index (χ2n) is 3.80. The lowest BCUT2D eigenvalue weighted by atomic mass is 10.2. The highest BCUT2D eigenvalue weighted by atomic mass is 16.4. The van der Waals surface area contributed by atoms with Crippen molar-refractivity contribution in [3.05, 3.63) is 39.5 Å². The van der Waals surface area contributed by atoms with E-state index in [9.17, 15) is 9.59 Å². The second-order valence-corrected chi connectivity index (χ2v) is 3.80. The number of aromatic amines is 1. The van der Waals surface area contributed by atoms with Gasteiger partial charge in [0.1, 0.15) is 11.3 Å². The number of aromatic carboxylic acids is 1. The van der Waals surface area contributed by atoms with Crippen molar-refractivity contribution in [2.45, 2.75) is 20.3 Å².